The topological polar surface area (TPSA) is 56.0 Å². The van der Waals surface area contributed by atoms with Crippen molar-refractivity contribution in [2.75, 3.05) is 0 Å². The molecule has 5 nitrogen and oxygen atoms in total. The zero-order chi connectivity index (χ0) is 17.1. The van der Waals surface area contributed by atoms with E-state index in [2.05, 4.69) is 5.32 Å². The van der Waals surface area contributed by atoms with Crippen LogP contribution < -0.4 is 11.0 Å². The van der Waals surface area contributed by atoms with E-state index >= 15 is 0 Å². The Hall–Kier alpha value is -2.89. The Morgan fingerprint density at radius 1 is 1.04 bits per heavy atom. The highest BCUT2D eigenvalue weighted by Crippen LogP contribution is 2.12. The number of hydrogen-bond acceptors (Lipinski definition) is 2. The van der Waals surface area contributed by atoms with Gasteiger partial charge in [0, 0.05) is 18.7 Å². The van der Waals surface area contributed by atoms with Crippen molar-refractivity contribution in [2.45, 2.75) is 26.6 Å². The normalized spacial score (nSPS) is 10.9. The van der Waals surface area contributed by atoms with Gasteiger partial charge in [-0.2, -0.15) is 0 Å². The van der Waals surface area contributed by atoms with Gasteiger partial charge in [0.2, 0.25) is 5.91 Å². The lowest BCUT2D eigenvalue weighted by atomic mass is 10.2. The van der Waals surface area contributed by atoms with Crippen molar-refractivity contribution < 1.29 is 9.18 Å². The molecule has 1 heterocycles. The maximum atomic E-state index is 13.6. The number of carbonyl (C=O) groups is 1. The molecule has 2 aromatic carbocycles. The molecular weight excluding hydrogens is 309 g/mol. The van der Waals surface area contributed by atoms with Gasteiger partial charge in [-0.15, -0.1) is 0 Å². The van der Waals surface area contributed by atoms with Crippen molar-refractivity contribution >= 4 is 16.9 Å². The minimum absolute atomic E-state index is 0.0900. The van der Waals surface area contributed by atoms with Gasteiger partial charge in [0.05, 0.1) is 11.0 Å². The molecule has 1 aromatic heterocycles. The van der Waals surface area contributed by atoms with E-state index in [1.807, 2.05) is 31.2 Å². The second kappa shape index (κ2) is 6.70. The van der Waals surface area contributed by atoms with Crippen LogP contribution in [0.5, 0.6) is 0 Å². The first-order valence-electron chi connectivity index (χ1n) is 7.80. The van der Waals surface area contributed by atoms with E-state index in [4.69, 9.17) is 0 Å². The van der Waals surface area contributed by atoms with E-state index < -0.39 is 0 Å². The van der Waals surface area contributed by atoms with Crippen LogP contribution in [0.25, 0.3) is 11.0 Å². The van der Waals surface area contributed by atoms with Gasteiger partial charge < -0.3 is 5.32 Å². The summed E-state index contributed by atoms with van der Waals surface area (Å²) in [5.74, 6) is -0.697. The second-order valence-electron chi connectivity index (χ2n) is 5.47. The molecule has 1 amide bonds. The molecule has 0 fully saturated rings. The lowest BCUT2D eigenvalue weighted by molar-refractivity contribution is -0.121. The molecule has 0 unspecified atom stereocenters. The summed E-state index contributed by atoms with van der Waals surface area (Å²) in [6.45, 7) is 2.41. The van der Waals surface area contributed by atoms with Crippen molar-refractivity contribution in [3.63, 3.8) is 0 Å². The molecule has 0 aliphatic rings. The van der Waals surface area contributed by atoms with E-state index in [0.717, 1.165) is 5.52 Å². The number of hydrogen-bond donors (Lipinski definition) is 1. The Labute approximate surface area is 138 Å². The molecule has 0 saturated heterocycles. The minimum atomic E-state index is -0.363. The third kappa shape index (κ3) is 2.95. The number of amides is 1. The molecule has 6 heteroatoms. The zero-order valence-electron chi connectivity index (χ0n) is 13.3. The average Bonchev–Trinajstić information content (AvgIpc) is 2.86. The molecule has 24 heavy (non-hydrogen) atoms. The standard InChI is InChI=1S/C18H18FN3O2/c1-2-21-15-9-5-6-10-16(15)22(18(21)24)12-17(23)20-11-13-7-3-4-8-14(13)19/h3-10H,2,11-12H2,1H3,(H,20,23). The van der Waals surface area contributed by atoms with Crippen LogP contribution in [-0.4, -0.2) is 15.0 Å². The van der Waals surface area contributed by atoms with Crippen LogP contribution in [0.4, 0.5) is 4.39 Å². The summed E-state index contributed by atoms with van der Waals surface area (Å²) < 4.78 is 16.6. The van der Waals surface area contributed by atoms with Crippen molar-refractivity contribution in [1.82, 2.24) is 14.5 Å². The number of aromatic nitrogens is 2. The molecule has 0 spiro atoms. The molecule has 0 aliphatic carbocycles. The van der Waals surface area contributed by atoms with E-state index in [9.17, 15) is 14.0 Å². The molecule has 3 aromatic rings. The number of nitrogens with zero attached hydrogens (tertiary/aromatic N) is 2. The maximum Gasteiger partial charge on any atom is 0.329 e. The number of benzene rings is 2. The number of imidazole rings is 1. The van der Waals surface area contributed by atoms with Crippen LogP contribution in [0.1, 0.15) is 12.5 Å². The van der Waals surface area contributed by atoms with Crippen LogP contribution in [0, 0.1) is 5.82 Å². The number of aryl methyl sites for hydroxylation is 1. The molecule has 0 atom stereocenters. The second-order valence-corrected chi connectivity index (χ2v) is 5.47. The molecule has 0 radical (unpaired) electrons. The van der Waals surface area contributed by atoms with Gasteiger partial charge in [0.15, 0.2) is 0 Å². The van der Waals surface area contributed by atoms with Crippen molar-refractivity contribution in [3.05, 3.63) is 70.4 Å². The number of nitrogens with one attached hydrogen (secondary N) is 1. The van der Waals surface area contributed by atoms with Crippen LogP contribution in [0.3, 0.4) is 0 Å². The van der Waals surface area contributed by atoms with Gasteiger partial charge in [-0.3, -0.25) is 13.9 Å². The lowest BCUT2D eigenvalue weighted by Gasteiger charge is -2.07. The summed E-state index contributed by atoms with van der Waals surface area (Å²) in [7, 11) is 0. The van der Waals surface area contributed by atoms with Crippen molar-refractivity contribution in [2.24, 2.45) is 0 Å². The molecule has 0 bridgehead atoms. The summed E-state index contributed by atoms with van der Waals surface area (Å²) in [5.41, 5.74) is 1.70. The molecule has 0 aliphatic heterocycles. The molecular formula is C18H18FN3O2. The summed E-state index contributed by atoms with van der Waals surface area (Å²) in [6.07, 6.45) is 0. The largest absolute Gasteiger partial charge is 0.350 e. The van der Waals surface area contributed by atoms with Crippen LogP contribution in [0.15, 0.2) is 53.3 Å². The summed E-state index contributed by atoms with van der Waals surface area (Å²) in [4.78, 5) is 24.7. The summed E-state index contributed by atoms with van der Waals surface area (Å²) >= 11 is 0. The van der Waals surface area contributed by atoms with Crippen molar-refractivity contribution in [1.29, 1.82) is 0 Å². The first-order chi connectivity index (χ1) is 11.6. The molecule has 124 valence electrons. The van der Waals surface area contributed by atoms with Gasteiger partial charge in [-0.1, -0.05) is 30.3 Å². The Morgan fingerprint density at radius 2 is 1.67 bits per heavy atom. The fourth-order valence-corrected chi connectivity index (χ4v) is 2.77. The van der Waals surface area contributed by atoms with Crippen LogP contribution in [-0.2, 0) is 24.4 Å². The molecule has 0 saturated carbocycles. The Kier molecular flexibility index (Phi) is 4.46. The highest BCUT2D eigenvalue weighted by molar-refractivity contribution is 5.80. The lowest BCUT2D eigenvalue weighted by Crippen LogP contribution is -2.32. The maximum absolute atomic E-state index is 13.6. The summed E-state index contributed by atoms with van der Waals surface area (Å²) in [6, 6.07) is 13.6. The third-order valence-corrected chi connectivity index (χ3v) is 3.98. The van der Waals surface area contributed by atoms with E-state index in [0.29, 0.717) is 17.6 Å². The van der Waals surface area contributed by atoms with Crippen molar-refractivity contribution in [3.8, 4) is 0 Å². The SMILES string of the molecule is CCn1c(=O)n(CC(=O)NCc2ccccc2F)c2ccccc21. The first kappa shape index (κ1) is 16.0. The fraction of sp³-hybridized carbons (Fsp3) is 0.222. The van der Waals surface area contributed by atoms with Gasteiger partial charge >= 0.3 is 5.69 Å². The van der Waals surface area contributed by atoms with Gasteiger partial charge in [-0.05, 0) is 25.1 Å². The minimum Gasteiger partial charge on any atom is -0.350 e. The fourth-order valence-electron chi connectivity index (χ4n) is 2.77. The van der Waals surface area contributed by atoms with Gasteiger partial charge in [0.1, 0.15) is 12.4 Å². The number of rotatable bonds is 5. The first-order valence-corrected chi connectivity index (χ1v) is 7.80. The highest BCUT2D eigenvalue weighted by atomic mass is 19.1. The average molecular weight is 327 g/mol. The Morgan fingerprint density at radius 3 is 2.33 bits per heavy atom. The molecule has 3 rings (SSSR count). The smallest absolute Gasteiger partial charge is 0.329 e. The Bertz CT molecular complexity index is 943. The monoisotopic (exact) mass is 327 g/mol. The van der Waals surface area contributed by atoms with Gasteiger partial charge in [0.25, 0.3) is 0 Å². The number of halogens is 1. The zero-order valence-corrected chi connectivity index (χ0v) is 13.3. The summed E-state index contributed by atoms with van der Waals surface area (Å²) in [5, 5.41) is 2.66. The predicted molar refractivity (Wildman–Crippen MR) is 90.1 cm³/mol. The predicted octanol–water partition coefficient (Wildman–Crippen LogP) is 2.28. The van der Waals surface area contributed by atoms with E-state index in [1.165, 1.54) is 10.6 Å². The van der Waals surface area contributed by atoms with E-state index in [-0.39, 0.29) is 30.5 Å². The Balaban J connectivity index is 1.80. The van der Waals surface area contributed by atoms with Crippen LogP contribution in [0.2, 0.25) is 0 Å². The quantitative estimate of drug-likeness (QED) is 0.782. The number of fused-ring (bicyclic) bond motifs is 1. The highest BCUT2D eigenvalue weighted by Gasteiger charge is 2.14. The van der Waals surface area contributed by atoms with Gasteiger partial charge in [-0.25, -0.2) is 9.18 Å². The number of para-hydroxylation sites is 2. The molecule has 1 N–H and O–H groups in total. The number of carbonyl (C=O) groups excluding carboxylic acids is 1. The van der Waals surface area contributed by atoms with Crippen LogP contribution >= 0.6 is 0 Å². The van der Waals surface area contributed by atoms with E-state index in [1.54, 1.807) is 22.8 Å². The third-order valence-electron chi connectivity index (χ3n) is 3.98.